The number of ketones is 1. The molecule has 0 radical (unpaired) electrons. The minimum Gasteiger partial charge on any atom is -0.286 e. The number of hydrogen-bond donors (Lipinski definition) is 0. The molecular weight excluding hydrogens is 582 g/mol. The van der Waals surface area contributed by atoms with Crippen molar-refractivity contribution in [2.24, 2.45) is 10.2 Å². The Morgan fingerprint density at radius 1 is 0.756 bits per heavy atom. The quantitative estimate of drug-likeness (QED) is 0.106. The minimum absolute atomic E-state index is 0.0380. The highest BCUT2D eigenvalue weighted by atomic mass is 32.2. The molecule has 1 atom stereocenters. The van der Waals surface area contributed by atoms with E-state index < -0.39 is 9.92 Å². The standard InChI is InChI=1S/C36H27N5O3S/c1-2-25-17-19-26(20-18-25)33-31-15-9-10-16-32(31)36(39(37-33)28-13-7-4-8-14-28)40(29-21-23-30(24-22-29)41(43)44)38-35(45-36)34(42)27-11-5-3-6-12-27/h3-24H,2H2,1H3/t36-/m0/s1. The summed E-state index contributed by atoms with van der Waals surface area (Å²) in [4.78, 5) is 23.9. The van der Waals surface area contributed by atoms with Gasteiger partial charge < -0.3 is 0 Å². The van der Waals surface area contributed by atoms with Gasteiger partial charge in [0.1, 0.15) is 0 Å². The average molecular weight is 610 g/mol. The molecule has 2 heterocycles. The number of carbonyl (C=O) groups is 1. The van der Waals surface area contributed by atoms with Gasteiger partial charge in [0, 0.05) is 34.4 Å². The van der Waals surface area contributed by atoms with Crippen molar-refractivity contribution < 1.29 is 9.72 Å². The fraction of sp³-hybridized carbons (Fsp3) is 0.0833. The normalized spacial score (nSPS) is 17.1. The molecule has 220 valence electrons. The summed E-state index contributed by atoms with van der Waals surface area (Å²) in [6, 6.07) is 41.5. The Balaban J connectivity index is 1.48. The number of nitro groups is 1. The van der Waals surface area contributed by atoms with Gasteiger partial charge in [0.2, 0.25) is 10.8 Å². The summed E-state index contributed by atoms with van der Waals surface area (Å²) in [6.07, 6.45) is 0.930. The molecule has 1 spiro atoms. The highest BCUT2D eigenvalue weighted by Crippen LogP contribution is 2.55. The molecule has 0 aliphatic carbocycles. The maximum Gasteiger partial charge on any atom is 0.269 e. The molecule has 0 saturated heterocycles. The Morgan fingerprint density at radius 2 is 1.36 bits per heavy atom. The van der Waals surface area contributed by atoms with Crippen molar-refractivity contribution in [3.63, 3.8) is 0 Å². The number of hydrogen-bond acceptors (Lipinski definition) is 8. The fourth-order valence-corrected chi connectivity index (χ4v) is 6.99. The summed E-state index contributed by atoms with van der Waals surface area (Å²) in [6.45, 7) is 2.13. The second-order valence-corrected chi connectivity index (χ2v) is 11.7. The molecular formula is C36H27N5O3S. The number of nitro benzene ring substituents is 1. The van der Waals surface area contributed by atoms with Gasteiger partial charge in [-0.1, -0.05) is 104 Å². The number of rotatable bonds is 7. The highest BCUT2D eigenvalue weighted by molar-refractivity contribution is 8.17. The lowest BCUT2D eigenvalue weighted by Crippen LogP contribution is -2.54. The molecule has 0 saturated carbocycles. The Morgan fingerprint density at radius 3 is 2.02 bits per heavy atom. The number of non-ortho nitro benzene ring substituents is 1. The highest BCUT2D eigenvalue weighted by Gasteiger charge is 2.56. The SMILES string of the molecule is CCc1ccc(C2=NN(c3ccccc3)[C@@]3(SC(C(=O)c4ccccc4)=NN3c3ccc([N+](=O)[O-])cc3)c3ccccc32)cc1. The number of Topliss-reactive ketones (excluding diaryl/α,β-unsaturated/α-hetero) is 1. The van der Waals surface area contributed by atoms with Crippen LogP contribution in [0.1, 0.15) is 39.5 Å². The number of thioether (sulfide) groups is 1. The largest absolute Gasteiger partial charge is 0.286 e. The van der Waals surface area contributed by atoms with Crippen LogP contribution in [-0.4, -0.2) is 21.5 Å². The van der Waals surface area contributed by atoms with E-state index in [4.69, 9.17) is 10.2 Å². The predicted molar refractivity (Wildman–Crippen MR) is 180 cm³/mol. The van der Waals surface area contributed by atoms with Crippen LogP contribution in [0, 0.1) is 10.1 Å². The lowest BCUT2D eigenvalue weighted by atomic mass is 9.92. The van der Waals surface area contributed by atoms with Gasteiger partial charge in [-0.05, 0) is 48.0 Å². The second-order valence-electron chi connectivity index (χ2n) is 10.6. The zero-order valence-corrected chi connectivity index (χ0v) is 25.1. The number of nitrogens with zero attached hydrogens (tertiary/aromatic N) is 5. The van der Waals surface area contributed by atoms with Gasteiger partial charge >= 0.3 is 0 Å². The minimum atomic E-state index is -1.18. The van der Waals surface area contributed by atoms with Crippen LogP contribution in [0.5, 0.6) is 0 Å². The van der Waals surface area contributed by atoms with Crippen LogP contribution < -0.4 is 10.0 Å². The van der Waals surface area contributed by atoms with Gasteiger partial charge in [-0.25, -0.2) is 10.0 Å². The first kappa shape index (κ1) is 28.2. The van der Waals surface area contributed by atoms with Gasteiger partial charge in [0.05, 0.1) is 22.0 Å². The number of anilines is 2. The van der Waals surface area contributed by atoms with E-state index in [1.165, 1.54) is 29.5 Å². The number of aryl methyl sites for hydroxylation is 1. The molecule has 2 aliphatic rings. The monoisotopic (exact) mass is 609 g/mol. The van der Waals surface area contributed by atoms with E-state index in [0.29, 0.717) is 11.3 Å². The maximum absolute atomic E-state index is 14.0. The molecule has 0 bridgehead atoms. The Labute approximate surface area is 264 Å². The van der Waals surface area contributed by atoms with Gasteiger partial charge in [-0.2, -0.15) is 10.2 Å². The van der Waals surface area contributed by atoms with E-state index in [0.717, 1.165) is 34.5 Å². The van der Waals surface area contributed by atoms with Gasteiger partial charge in [-0.15, -0.1) is 0 Å². The lowest BCUT2D eigenvalue weighted by Gasteiger charge is -2.47. The first-order chi connectivity index (χ1) is 22.0. The molecule has 0 amide bonds. The molecule has 0 N–H and O–H groups in total. The summed E-state index contributed by atoms with van der Waals surface area (Å²) >= 11 is 1.31. The first-order valence-corrected chi connectivity index (χ1v) is 15.4. The fourth-order valence-electron chi connectivity index (χ4n) is 5.63. The lowest BCUT2D eigenvalue weighted by molar-refractivity contribution is -0.384. The van der Waals surface area contributed by atoms with Crippen molar-refractivity contribution in [2.45, 2.75) is 18.3 Å². The summed E-state index contributed by atoms with van der Waals surface area (Å²) in [5.74, 6) is -0.222. The Kier molecular flexibility index (Phi) is 7.23. The molecule has 5 aromatic rings. The van der Waals surface area contributed by atoms with Crippen molar-refractivity contribution in [1.29, 1.82) is 0 Å². The van der Waals surface area contributed by atoms with E-state index in [9.17, 15) is 14.9 Å². The molecule has 7 rings (SSSR count). The molecule has 0 aromatic heterocycles. The van der Waals surface area contributed by atoms with Crippen LogP contribution in [0.3, 0.4) is 0 Å². The van der Waals surface area contributed by atoms with E-state index in [1.54, 1.807) is 29.3 Å². The van der Waals surface area contributed by atoms with Crippen molar-refractivity contribution >= 4 is 45.4 Å². The Hall–Kier alpha value is -5.54. The third-order valence-electron chi connectivity index (χ3n) is 7.91. The van der Waals surface area contributed by atoms with E-state index in [2.05, 4.69) is 31.2 Å². The van der Waals surface area contributed by atoms with Crippen LogP contribution in [0.15, 0.2) is 144 Å². The third-order valence-corrected chi connectivity index (χ3v) is 9.22. The van der Waals surface area contributed by atoms with E-state index >= 15 is 0 Å². The smallest absolute Gasteiger partial charge is 0.269 e. The van der Waals surface area contributed by atoms with Crippen molar-refractivity contribution in [1.82, 2.24) is 0 Å². The van der Waals surface area contributed by atoms with Crippen molar-refractivity contribution in [2.75, 3.05) is 10.0 Å². The van der Waals surface area contributed by atoms with Gasteiger partial charge in [0.25, 0.3) is 5.69 Å². The topological polar surface area (TPSA) is 91.4 Å². The van der Waals surface area contributed by atoms with Crippen molar-refractivity contribution in [3.8, 4) is 0 Å². The molecule has 5 aromatic carbocycles. The van der Waals surface area contributed by atoms with Crippen LogP contribution in [0.4, 0.5) is 17.1 Å². The summed E-state index contributed by atoms with van der Waals surface area (Å²) < 4.78 is 0. The third kappa shape index (κ3) is 4.87. The van der Waals surface area contributed by atoms with E-state index in [-0.39, 0.29) is 16.5 Å². The summed E-state index contributed by atoms with van der Waals surface area (Å²) in [5.41, 5.74) is 6.59. The van der Waals surface area contributed by atoms with E-state index in [1.807, 2.05) is 77.8 Å². The zero-order chi connectivity index (χ0) is 31.0. The van der Waals surface area contributed by atoms with Gasteiger partial charge in [0.15, 0.2) is 5.04 Å². The maximum atomic E-state index is 14.0. The number of para-hydroxylation sites is 1. The zero-order valence-electron chi connectivity index (χ0n) is 24.3. The number of fused-ring (bicyclic) bond motifs is 2. The molecule has 8 nitrogen and oxygen atoms in total. The number of benzene rings is 5. The Bertz CT molecular complexity index is 1960. The van der Waals surface area contributed by atoms with Crippen LogP contribution in [-0.2, 0) is 11.4 Å². The average Bonchev–Trinajstić information content (AvgIpc) is 3.50. The summed E-state index contributed by atoms with van der Waals surface area (Å²) in [5, 5.41) is 25.8. The van der Waals surface area contributed by atoms with Crippen LogP contribution in [0.25, 0.3) is 0 Å². The van der Waals surface area contributed by atoms with Crippen molar-refractivity contribution in [3.05, 3.63) is 171 Å². The molecule has 2 aliphatic heterocycles. The molecule has 45 heavy (non-hydrogen) atoms. The molecule has 0 fully saturated rings. The number of hydrazone groups is 2. The first-order valence-electron chi connectivity index (χ1n) is 14.5. The summed E-state index contributed by atoms with van der Waals surface area (Å²) in [7, 11) is 0. The van der Waals surface area contributed by atoms with Crippen LogP contribution in [0.2, 0.25) is 0 Å². The molecule has 9 heteroatoms. The number of carbonyl (C=O) groups excluding carboxylic acids is 1. The van der Waals surface area contributed by atoms with Crippen LogP contribution >= 0.6 is 11.8 Å². The predicted octanol–water partition coefficient (Wildman–Crippen LogP) is 7.99. The second kappa shape index (κ2) is 11.5. The van der Waals surface area contributed by atoms with Gasteiger partial charge in [-0.3, -0.25) is 14.9 Å². The molecule has 0 unspecified atom stereocenters.